The second-order valence-corrected chi connectivity index (χ2v) is 11.6. The molecule has 4 aromatic rings. The Balaban J connectivity index is 1.32. The summed E-state index contributed by atoms with van der Waals surface area (Å²) in [6, 6.07) is 9.87. The average Bonchev–Trinajstić information content (AvgIpc) is 3.29. The molecule has 3 aromatic heterocycles. The number of carboxylic acids is 1. The van der Waals surface area contributed by atoms with Gasteiger partial charge < -0.3 is 10.1 Å². The zero-order valence-electron chi connectivity index (χ0n) is 21.8. The summed E-state index contributed by atoms with van der Waals surface area (Å²) in [5, 5.41) is 12.2. The van der Waals surface area contributed by atoms with Crippen molar-refractivity contribution in [2.75, 3.05) is 4.90 Å². The lowest BCUT2D eigenvalue weighted by atomic mass is 9.90. The summed E-state index contributed by atoms with van der Waals surface area (Å²) in [6.45, 7) is 0. The third-order valence-corrected chi connectivity index (χ3v) is 8.79. The van der Waals surface area contributed by atoms with Gasteiger partial charge in [-0.25, -0.2) is 14.8 Å². The number of hydrogen-bond acceptors (Lipinski definition) is 6. The molecule has 2 aliphatic rings. The minimum Gasteiger partial charge on any atom is -0.481 e. The highest BCUT2D eigenvalue weighted by atomic mass is 32.1. The van der Waals surface area contributed by atoms with Crippen molar-refractivity contribution in [3.63, 3.8) is 0 Å². The van der Waals surface area contributed by atoms with Gasteiger partial charge in [-0.2, -0.15) is 0 Å². The van der Waals surface area contributed by atoms with Crippen molar-refractivity contribution in [2.24, 2.45) is 18.9 Å². The van der Waals surface area contributed by atoms with Crippen LogP contribution in [0, 0.1) is 11.8 Å². The number of imidazole rings is 1. The van der Waals surface area contributed by atoms with Crippen LogP contribution in [0.25, 0.3) is 33.5 Å². The molecular weight excluding hydrogens is 514 g/mol. The first-order valence-corrected chi connectivity index (χ1v) is 14.4. The second kappa shape index (κ2) is 10.4. The van der Waals surface area contributed by atoms with Gasteiger partial charge in [0.25, 0.3) is 0 Å². The van der Waals surface area contributed by atoms with Crippen molar-refractivity contribution in [3.05, 3.63) is 52.4 Å². The van der Waals surface area contributed by atoms with Gasteiger partial charge in [-0.05, 0) is 36.8 Å². The number of amides is 1. The normalized spacial score (nSPS) is 16.5. The van der Waals surface area contributed by atoms with Gasteiger partial charge >= 0.3 is 11.7 Å². The van der Waals surface area contributed by atoms with Crippen LogP contribution in [0.2, 0.25) is 0 Å². The van der Waals surface area contributed by atoms with E-state index in [2.05, 4.69) is 9.97 Å². The molecule has 0 bridgehead atoms. The Labute approximate surface area is 229 Å². The minimum atomic E-state index is -0.929. The Morgan fingerprint density at radius 2 is 1.92 bits per heavy atom. The highest BCUT2D eigenvalue weighted by molar-refractivity contribution is 7.14. The van der Waals surface area contributed by atoms with Crippen LogP contribution in [-0.4, -0.2) is 42.5 Å². The number of carbonyl (C=O) groups excluding carboxylic acids is 1. The van der Waals surface area contributed by atoms with E-state index in [4.69, 9.17) is 4.98 Å². The standard InChI is InChI=1S/C29H31N5O4S/c1-33-26-23(31-28(33)38)13-19(15-30-26)21-8-4-5-9-22(21)24-16-39-29(32-24)34(20-10-11-20)27(37)18(14-25(35)36)12-17-6-2-3-7-17/h4-5,8-9,13,15-18,20H,2-3,6-7,10-12,14H2,1H3,(H,31,38)(H,35,36)/t18-/m1/s1. The molecule has 1 aromatic carbocycles. The number of nitrogens with zero attached hydrogens (tertiary/aromatic N) is 4. The van der Waals surface area contributed by atoms with E-state index >= 15 is 0 Å². The number of aromatic nitrogens is 4. The Hall–Kier alpha value is -3.79. The smallest absolute Gasteiger partial charge is 0.327 e. The zero-order chi connectivity index (χ0) is 27.1. The molecule has 10 heteroatoms. The molecule has 0 saturated heterocycles. The Bertz CT molecular complexity index is 1590. The highest BCUT2D eigenvalue weighted by Gasteiger charge is 2.40. The number of anilines is 1. The van der Waals surface area contributed by atoms with Crippen molar-refractivity contribution in [1.29, 1.82) is 0 Å². The van der Waals surface area contributed by atoms with Gasteiger partial charge in [0, 0.05) is 41.7 Å². The van der Waals surface area contributed by atoms with Crippen LogP contribution in [-0.2, 0) is 16.6 Å². The van der Waals surface area contributed by atoms with Crippen LogP contribution < -0.4 is 10.6 Å². The molecule has 202 valence electrons. The van der Waals surface area contributed by atoms with E-state index in [9.17, 15) is 19.5 Å². The summed E-state index contributed by atoms with van der Waals surface area (Å²) in [5.74, 6) is -1.15. The summed E-state index contributed by atoms with van der Waals surface area (Å²) >= 11 is 1.42. The molecule has 0 unspecified atom stereocenters. The van der Waals surface area contributed by atoms with E-state index in [-0.39, 0.29) is 24.1 Å². The fourth-order valence-corrected chi connectivity index (χ4v) is 6.71. The van der Waals surface area contributed by atoms with E-state index in [1.807, 2.05) is 35.7 Å². The molecule has 3 heterocycles. The fourth-order valence-electron chi connectivity index (χ4n) is 5.81. The molecule has 0 radical (unpaired) electrons. The van der Waals surface area contributed by atoms with Crippen molar-refractivity contribution in [1.82, 2.24) is 19.5 Å². The quantitative estimate of drug-likeness (QED) is 0.298. The Morgan fingerprint density at radius 3 is 2.64 bits per heavy atom. The van der Waals surface area contributed by atoms with E-state index in [1.54, 1.807) is 18.1 Å². The van der Waals surface area contributed by atoms with Crippen LogP contribution in [0.1, 0.15) is 51.4 Å². The lowest BCUT2D eigenvalue weighted by Gasteiger charge is -2.26. The van der Waals surface area contributed by atoms with Crippen LogP contribution in [0.15, 0.2) is 46.7 Å². The Morgan fingerprint density at radius 1 is 1.18 bits per heavy atom. The maximum absolute atomic E-state index is 13.8. The van der Waals surface area contributed by atoms with Crippen molar-refractivity contribution >= 4 is 39.5 Å². The van der Waals surface area contributed by atoms with Gasteiger partial charge in [0.2, 0.25) is 5.91 Å². The molecular formula is C29H31N5O4S. The van der Waals surface area contributed by atoms with Gasteiger partial charge in [-0.3, -0.25) is 19.1 Å². The topological polar surface area (TPSA) is 121 Å². The molecule has 1 atom stereocenters. The summed E-state index contributed by atoms with van der Waals surface area (Å²) < 4.78 is 1.48. The van der Waals surface area contributed by atoms with Gasteiger partial charge in [-0.15, -0.1) is 11.3 Å². The minimum absolute atomic E-state index is 0.0770. The number of aryl methyl sites for hydroxylation is 1. The molecule has 39 heavy (non-hydrogen) atoms. The molecule has 0 spiro atoms. The van der Waals surface area contributed by atoms with Crippen molar-refractivity contribution in [2.45, 2.75) is 57.4 Å². The van der Waals surface area contributed by atoms with E-state index in [0.717, 1.165) is 60.9 Å². The second-order valence-electron chi connectivity index (χ2n) is 10.8. The third-order valence-electron chi connectivity index (χ3n) is 7.96. The maximum atomic E-state index is 13.8. The number of aromatic amines is 1. The molecule has 2 aliphatic carbocycles. The van der Waals surface area contributed by atoms with Gasteiger partial charge in [-0.1, -0.05) is 49.9 Å². The Kier molecular flexibility index (Phi) is 6.80. The lowest BCUT2D eigenvalue weighted by molar-refractivity contribution is -0.141. The summed E-state index contributed by atoms with van der Waals surface area (Å²) in [7, 11) is 1.68. The summed E-state index contributed by atoms with van der Waals surface area (Å²) in [6.07, 6.45) is 8.50. The first-order chi connectivity index (χ1) is 18.9. The van der Waals surface area contributed by atoms with Gasteiger partial charge in [0.05, 0.1) is 17.6 Å². The molecule has 2 saturated carbocycles. The number of H-pyrrole nitrogens is 1. The number of fused-ring (bicyclic) bond motifs is 1. The lowest BCUT2D eigenvalue weighted by Crippen LogP contribution is -2.39. The molecule has 2 N–H and O–H groups in total. The number of carbonyl (C=O) groups is 2. The van der Waals surface area contributed by atoms with Crippen LogP contribution >= 0.6 is 11.3 Å². The SMILES string of the molecule is Cn1c(=O)[nH]c2cc(-c3ccccc3-c3csc(N(C(=O)[C@@H](CC(=O)O)CC4CCCC4)C4CC4)n3)cnc21. The number of thiazole rings is 1. The predicted octanol–water partition coefficient (Wildman–Crippen LogP) is 5.22. The monoisotopic (exact) mass is 545 g/mol. The molecule has 2 fully saturated rings. The van der Waals surface area contributed by atoms with Gasteiger partial charge in [0.1, 0.15) is 0 Å². The number of nitrogens with one attached hydrogen (secondary N) is 1. The number of carboxylic acid groups (broad SMARTS) is 1. The van der Waals surface area contributed by atoms with Crippen molar-refractivity contribution < 1.29 is 14.7 Å². The molecule has 6 rings (SSSR count). The van der Waals surface area contributed by atoms with Gasteiger partial charge in [0.15, 0.2) is 10.8 Å². The average molecular weight is 546 g/mol. The fraction of sp³-hybridized carbons (Fsp3) is 0.414. The van der Waals surface area contributed by atoms with E-state index in [1.165, 1.54) is 15.9 Å². The largest absolute Gasteiger partial charge is 0.481 e. The summed E-state index contributed by atoms with van der Waals surface area (Å²) in [5.41, 5.74) is 4.44. The van der Waals surface area contributed by atoms with E-state index in [0.29, 0.717) is 28.6 Å². The van der Waals surface area contributed by atoms with Crippen molar-refractivity contribution in [3.8, 4) is 22.4 Å². The predicted molar refractivity (Wildman–Crippen MR) is 151 cm³/mol. The van der Waals surface area contributed by atoms with Crippen LogP contribution in [0.3, 0.4) is 0 Å². The first kappa shape index (κ1) is 25.5. The number of benzene rings is 1. The number of aliphatic carboxylic acids is 1. The van der Waals surface area contributed by atoms with E-state index < -0.39 is 11.9 Å². The third kappa shape index (κ3) is 5.13. The highest BCUT2D eigenvalue weighted by Crippen LogP contribution is 2.40. The number of pyridine rings is 1. The summed E-state index contributed by atoms with van der Waals surface area (Å²) in [4.78, 5) is 51.6. The molecule has 0 aliphatic heterocycles. The number of rotatable bonds is 9. The van der Waals surface area contributed by atoms with Crippen LogP contribution in [0.5, 0.6) is 0 Å². The maximum Gasteiger partial charge on any atom is 0.327 e. The first-order valence-electron chi connectivity index (χ1n) is 13.5. The number of hydrogen-bond donors (Lipinski definition) is 2. The van der Waals surface area contributed by atoms with Crippen LogP contribution in [0.4, 0.5) is 5.13 Å². The molecule has 1 amide bonds. The zero-order valence-corrected chi connectivity index (χ0v) is 22.6. The molecule has 9 nitrogen and oxygen atoms in total.